The Morgan fingerprint density at radius 1 is 0.900 bits per heavy atom. The molecule has 0 bridgehead atoms. The van der Waals surface area contributed by atoms with E-state index in [4.69, 9.17) is 0 Å². The lowest BCUT2D eigenvalue weighted by Gasteiger charge is -2.14. The molecule has 20 heavy (non-hydrogen) atoms. The van der Waals surface area contributed by atoms with Gasteiger partial charge in [0.25, 0.3) is 0 Å². The zero-order valence-electron chi connectivity index (χ0n) is 11.5. The minimum Gasteiger partial charge on any atom is -0.481 e. The number of rotatable bonds is 4. The van der Waals surface area contributed by atoms with Crippen LogP contribution in [-0.4, -0.2) is 11.1 Å². The average molecular weight is 272 g/mol. The molecule has 2 aromatic rings. The van der Waals surface area contributed by atoms with E-state index in [1.165, 1.54) is 24.3 Å². The van der Waals surface area contributed by atoms with Gasteiger partial charge >= 0.3 is 5.97 Å². The van der Waals surface area contributed by atoms with Crippen molar-refractivity contribution in [3.05, 3.63) is 71.0 Å². The molecule has 0 aliphatic carbocycles. The van der Waals surface area contributed by atoms with E-state index < -0.39 is 11.9 Å². The Morgan fingerprint density at radius 2 is 1.30 bits per heavy atom. The van der Waals surface area contributed by atoms with E-state index in [9.17, 15) is 14.3 Å². The van der Waals surface area contributed by atoms with Crippen molar-refractivity contribution in [2.45, 2.75) is 25.7 Å². The second kappa shape index (κ2) is 5.87. The van der Waals surface area contributed by atoms with Crippen molar-refractivity contribution in [1.29, 1.82) is 0 Å². The molecule has 0 aliphatic heterocycles. The van der Waals surface area contributed by atoms with Gasteiger partial charge in [-0.05, 0) is 34.7 Å². The van der Waals surface area contributed by atoms with Gasteiger partial charge in [-0.25, -0.2) is 4.39 Å². The van der Waals surface area contributed by atoms with Gasteiger partial charge in [0.1, 0.15) is 11.7 Å². The van der Waals surface area contributed by atoms with Crippen LogP contribution in [0.15, 0.2) is 48.5 Å². The second-order valence-electron chi connectivity index (χ2n) is 5.14. The molecule has 0 amide bonds. The molecule has 1 atom stereocenters. The van der Waals surface area contributed by atoms with E-state index in [1.807, 2.05) is 24.3 Å². The number of benzene rings is 2. The fraction of sp³-hybridized carbons (Fsp3) is 0.235. The molecular weight excluding hydrogens is 255 g/mol. The molecule has 104 valence electrons. The van der Waals surface area contributed by atoms with Crippen LogP contribution in [0.25, 0.3) is 0 Å². The average Bonchev–Trinajstić information content (AvgIpc) is 2.41. The largest absolute Gasteiger partial charge is 0.481 e. The van der Waals surface area contributed by atoms with Crippen molar-refractivity contribution in [1.82, 2.24) is 0 Å². The van der Waals surface area contributed by atoms with Crippen molar-refractivity contribution in [3.63, 3.8) is 0 Å². The summed E-state index contributed by atoms with van der Waals surface area (Å²) in [6, 6.07) is 13.2. The standard InChI is InChI=1S/C17H17FO2/c1-11(2)12-3-5-13(6-4-12)16(17(19)20)14-7-9-15(18)10-8-14/h3-11,16H,1-2H3,(H,19,20). The molecule has 3 heteroatoms. The van der Waals surface area contributed by atoms with Crippen LogP contribution in [-0.2, 0) is 4.79 Å². The van der Waals surface area contributed by atoms with E-state index in [0.29, 0.717) is 17.0 Å². The molecule has 1 N–H and O–H groups in total. The predicted molar refractivity (Wildman–Crippen MR) is 76.4 cm³/mol. The lowest BCUT2D eigenvalue weighted by molar-refractivity contribution is -0.137. The zero-order chi connectivity index (χ0) is 14.7. The molecule has 0 spiro atoms. The Balaban J connectivity index is 2.38. The highest BCUT2D eigenvalue weighted by Gasteiger charge is 2.22. The first-order valence-corrected chi connectivity index (χ1v) is 6.57. The topological polar surface area (TPSA) is 37.3 Å². The molecular formula is C17H17FO2. The molecule has 1 unspecified atom stereocenters. The normalized spacial score (nSPS) is 12.4. The van der Waals surface area contributed by atoms with Gasteiger partial charge in [0, 0.05) is 0 Å². The quantitative estimate of drug-likeness (QED) is 0.907. The first kappa shape index (κ1) is 14.3. The number of carbonyl (C=O) groups is 1. The molecule has 0 heterocycles. The van der Waals surface area contributed by atoms with E-state index in [2.05, 4.69) is 13.8 Å². The molecule has 0 radical (unpaired) electrons. The van der Waals surface area contributed by atoms with E-state index in [-0.39, 0.29) is 5.82 Å². The molecule has 2 nitrogen and oxygen atoms in total. The minimum absolute atomic E-state index is 0.368. The Morgan fingerprint density at radius 3 is 1.70 bits per heavy atom. The summed E-state index contributed by atoms with van der Waals surface area (Å²) < 4.78 is 12.9. The fourth-order valence-electron chi connectivity index (χ4n) is 2.21. The highest BCUT2D eigenvalue weighted by molar-refractivity contribution is 5.80. The maximum Gasteiger partial charge on any atom is 0.315 e. The van der Waals surface area contributed by atoms with Crippen LogP contribution < -0.4 is 0 Å². The summed E-state index contributed by atoms with van der Waals surface area (Å²) in [5.41, 5.74) is 2.45. The van der Waals surface area contributed by atoms with Crippen molar-refractivity contribution in [2.24, 2.45) is 0 Å². The van der Waals surface area contributed by atoms with Gasteiger partial charge in [-0.1, -0.05) is 50.2 Å². The predicted octanol–water partition coefficient (Wildman–Crippen LogP) is 4.17. The summed E-state index contributed by atoms with van der Waals surface area (Å²) in [6.07, 6.45) is 0. The number of carboxylic acids is 1. The molecule has 0 aromatic heterocycles. The Kier molecular flexibility index (Phi) is 4.18. The van der Waals surface area contributed by atoms with Crippen LogP contribution in [0.2, 0.25) is 0 Å². The van der Waals surface area contributed by atoms with Crippen molar-refractivity contribution < 1.29 is 14.3 Å². The summed E-state index contributed by atoms with van der Waals surface area (Å²) in [5.74, 6) is -1.67. The first-order chi connectivity index (χ1) is 9.49. The third-order valence-electron chi connectivity index (χ3n) is 3.39. The second-order valence-corrected chi connectivity index (χ2v) is 5.14. The van der Waals surface area contributed by atoms with E-state index in [0.717, 1.165) is 5.56 Å². The smallest absolute Gasteiger partial charge is 0.315 e. The molecule has 0 saturated carbocycles. The van der Waals surface area contributed by atoms with Gasteiger partial charge in [0.05, 0.1) is 0 Å². The van der Waals surface area contributed by atoms with Crippen molar-refractivity contribution >= 4 is 5.97 Å². The zero-order valence-corrected chi connectivity index (χ0v) is 11.5. The monoisotopic (exact) mass is 272 g/mol. The van der Waals surface area contributed by atoms with Gasteiger partial charge in [-0.2, -0.15) is 0 Å². The number of carboxylic acid groups (broad SMARTS) is 1. The molecule has 2 aromatic carbocycles. The number of halogens is 1. The lowest BCUT2D eigenvalue weighted by atomic mass is 9.90. The van der Waals surface area contributed by atoms with Gasteiger partial charge < -0.3 is 5.11 Å². The van der Waals surface area contributed by atoms with Crippen LogP contribution >= 0.6 is 0 Å². The maximum atomic E-state index is 12.9. The maximum absolute atomic E-state index is 12.9. The number of aliphatic carboxylic acids is 1. The minimum atomic E-state index is -0.936. The van der Waals surface area contributed by atoms with Crippen LogP contribution in [0.5, 0.6) is 0 Å². The van der Waals surface area contributed by atoms with Crippen LogP contribution in [0.3, 0.4) is 0 Å². The Bertz CT molecular complexity index is 585. The summed E-state index contributed by atoms with van der Waals surface area (Å²) in [4.78, 5) is 11.5. The van der Waals surface area contributed by atoms with Crippen molar-refractivity contribution in [2.75, 3.05) is 0 Å². The first-order valence-electron chi connectivity index (χ1n) is 6.57. The lowest BCUT2D eigenvalue weighted by Crippen LogP contribution is -2.13. The van der Waals surface area contributed by atoms with E-state index in [1.54, 1.807) is 0 Å². The van der Waals surface area contributed by atoms with Crippen LogP contribution in [0.1, 0.15) is 42.4 Å². The molecule has 0 saturated heterocycles. The van der Waals surface area contributed by atoms with Gasteiger partial charge in [-0.15, -0.1) is 0 Å². The van der Waals surface area contributed by atoms with Gasteiger partial charge in [-0.3, -0.25) is 4.79 Å². The van der Waals surface area contributed by atoms with Gasteiger partial charge in [0.15, 0.2) is 0 Å². The van der Waals surface area contributed by atoms with Gasteiger partial charge in [0.2, 0.25) is 0 Å². The van der Waals surface area contributed by atoms with E-state index >= 15 is 0 Å². The fourth-order valence-corrected chi connectivity index (χ4v) is 2.21. The summed E-state index contributed by atoms with van der Waals surface area (Å²) in [7, 11) is 0. The Labute approximate surface area is 117 Å². The highest BCUT2D eigenvalue weighted by Crippen LogP contribution is 2.26. The summed E-state index contributed by atoms with van der Waals surface area (Å²) >= 11 is 0. The highest BCUT2D eigenvalue weighted by atomic mass is 19.1. The number of hydrogen-bond donors (Lipinski definition) is 1. The summed E-state index contributed by atoms with van der Waals surface area (Å²) in [6.45, 7) is 4.17. The third-order valence-corrected chi connectivity index (χ3v) is 3.39. The molecule has 2 rings (SSSR count). The summed E-state index contributed by atoms with van der Waals surface area (Å²) in [5, 5.41) is 9.43. The molecule has 0 fully saturated rings. The molecule has 0 aliphatic rings. The SMILES string of the molecule is CC(C)c1ccc(C(C(=O)O)c2ccc(F)cc2)cc1. The van der Waals surface area contributed by atoms with Crippen LogP contribution in [0.4, 0.5) is 4.39 Å². The van der Waals surface area contributed by atoms with Crippen LogP contribution in [0, 0.1) is 5.82 Å². The van der Waals surface area contributed by atoms with Crippen molar-refractivity contribution in [3.8, 4) is 0 Å². The Hall–Kier alpha value is -2.16. The number of hydrogen-bond acceptors (Lipinski definition) is 1. The third kappa shape index (κ3) is 3.05.